The molecule has 1 aliphatic heterocycles. The summed E-state index contributed by atoms with van der Waals surface area (Å²) in [6, 6.07) is 8.05. The number of benzene rings is 1. The summed E-state index contributed by atoms with van der Waals surface area (Å²) < 4.78 is 0. The number of carbonyl (C=O) groups excluding carboxylic acids is 1. The molecule has 1 aliphatic rings. The van der Waals surface area contributed by atoms with E-state index in [0.29, 0.717) is 0 Å². The quantitative estimate of drug-likeness (QED) is 0.869. The Morgan fingerprint density at radius 3 is 3.00 bits per heavy atom. The Balaban J connectivity index is 0.00000144. The molecule has 0 aromatic heterocycles. The van der Waals surface area contributed by atoms with E-state index in [9.17, 15) is 4.79 Å². The Bertz CT molecular complexity index is 375. The van der Waals surface area contributed by atoms with Crippen molar-refractivity contribution in [2.24, 2.45) is 5.92 Å². The summed E-state index contributed by atoms with van der Waals surface area (Å²) in [5.41, 5.74) is 2.17. The minimum absolute atomic E-state index is 0. The molecule has 1 amide bonds. The van der Waals surface area contributed by atoms with Crippen molar-refractivity contribution < 1.29 is 4.79 Å². The van der Waals surface area contributed by atoms with Gasteiger partial charge in [0.2, 0.25) is 5.91 Å². The maximum Gasteiger partial charge on any atom is 0.228 e. The molecule has 0 saturated carbocycles. The molecule has 1 heterocycles. The van der Waals surface area contributed by atoms with Gasteiger partial charge in [-0.2, -0.15) is 0 Å². The van der Waals surface area contributed by atoms with Gasteiger partial charge in [-0.05, 0) is 37.1 Å². The van der Waals surface area contributed by atoms with Crippen molar-refractivity contribution in [1.29, 1.82) is 0 Å². The number of anilines is 1. The van der Waals surface area contributed by atoms with Crippen LogP contribution in [0.5, 0.6) is 0 Å². The molecule has 0 bridgehead atoms. The SMILES string of the molecule is CCc1cccc(NC(=O)C2CCNC2)c1.Cl. The first kappa shape index (κ1) is 14.0. The first-order valence-corrected chi connectivity index (χ1v) is 5.90. The van der Waals surface area contributed by atoms with E-state index in [1.807, 2.05) is 18.2 Å². The lowest BCUT2D eigenvalue weighted by atomic mass is 10.1. The number of halogens is 1. The van der Waals surface area contributed by atoms with E-state index in [2.05, 4.69) is 23.6 Å². The van der Waals surface area contributed by atoms with Gasteiger partial charge in [0.15, 0.2) is 0 Å². The van der Waals surface area contributed by atoms with E-state index in [4.69, 9.17) is 0 Å². The fourth-order valence-electron chi connectivity index (χ4n) is 1.99. The lowest BCUT2D eigenvalue weighted by Crippen LogP contribution is -2.24. The van der Waals surface area contributed by atoms with Gasteiger partial charge in [-0.3, -0.25) is 4.79 Å². The summed E-state index contributed by atoms with van der Waals surface area (Å²) in [5.74, 6) is 0.267. The molecular weight excluding hydrogens is 236 g/mol. The molecule has 1 unspecified atom stereocenters. The Kier molecular flexibility index (Phi) is 5.45. The van der Waals surface area contributed by atoms with Crippen molar-refractivity contribution in [3.8, 4) is 0 Å². The molecule has 4 heteroatoms. The first-order chi connectivity index (χ1) is 7.79. The fraction of sp³-hybridized carbons (Fsp3) is 0.462. The predicted octanol–water partition coefficient (Wildman–Crippen LogP) is 2.22. The minimum Gasteiger partial charge on any atom is -0.326 e. The average Bonchev–Trinajstić information content (AvgIpc) is 2.83. The lowest BCUT2D eigenvalue weighted by Gasteiger charge is -2.10. The van der Waals surface area contributed by atoms with Crippen LogP contribution in [0.3, 0.4) is 0 Å². The van der Waals surface area contributed by atoms with E-state index in [1.54, 1.807) is 0 Å². The second-order valence-electron chi connectivity index (χ2n) is 4.23. The summed E-state index contributed by atoms with van der Waals surface area (Å²) in [5, 5.41) is 6.18. The molecule has 1 saturated heterocycles. The zero-order valence-corrected chi connectivity index (χ0v) is 10.8. The van der Waals surface area contributed by atoms with Gasteiger partial charge in [-0.1, -0.05) is 19.1 Å². The Morgan fingerprint density at radius 2 is 2.35 bits per heavy atom. The van der Waals surface area contributed by atoms with Crippen LogP contribution in [0.25, 0.3) is 0 Å². The van der Waals surface area contributed by atoms with Gasteiger partial charge >= 0.3 is 0 Å². The largest absolute Gasteiger partial charge is 0.326 e. The number of hydrogen-bond acceptors (Lipinski definition) is 2. The first-order valence-electron chi connectivity index (χ1n) is 5.90. The fourth-order valence-corrected chi connectivity index (χ4v) is 1.99. The molecule has 17 heavy (non-hydrogen) atoms. The number of amides is 1. The van der Waals surface area contributed by atoms with Crippen LogP contribution < -0.4 is 10.6 Å². The maximum absolute atomic E-state index is 11.9. The Labute approximate surface area is 108 Å². The summed E-state index contributed by atoms with van der Waals surface area (Å²) >= 11 is 0. The third-order valence-electron chi connectivity index (χ3n) is 3.03. The number of hydrogen-bond donors (Lipinski definition) is 2. The lowest BCUT2D eigenvalue weighted by molar-refractivity contribution is -0.119. The number of carbonyl (C=O) groups is 1. The van der Waals surface area contributed by atoms with Crippen molar-refractivity contribution in [3.05, 3.63) is 29.8 Å². The van der Waals surface area contributed by atoms with Crippen LogP contribution in [-0.2, 0) is 11.2 Å². The Hall–Kier alpha value is -1.06. The van der Waals surface area contributed by atoms with Gasteiger partial charge in [0.1, 0.15) is 0 Å². The standard InChI is InChI=1S/C13H18N2O.ClH/c1-2-10-4-3-5-12(8-10)15-13(16)11-6-7-14-9-11;/h3-5,8,11,14H,2,6-7,9H2,1H3,(H,15,16);1H. The zero-order valence-electron chi connectivity index (χ0n) is 10.0. The highest BCUT2D eigenvalue weighted by Crippen LogP contribution is 2.14. The molecule has 0 radical (unpaired) electrons. The van der Waals surface area contributed by atoms with E-state index >= 15 is 0 Å². The zero-order chi connectivity index (χ0) is 11.4. The van der Waals surface area contributed by atoms with Gasteiger partial charge in [0.25, 0.3) is 0 Å². The van der Waals surface area contributed by atoms with Gasteiger partial charge in [-0.25, -0.2) is 0 Å². The predicted molar refractivity (Wildman–Crippen MR) is 72.7 cm³/mol. The van der Waals surface area contributed by atoms with Crippen LogP contribution in [0, 0.1) is 5.92 Å². The molecule has 1 fully saturated rings. The summed E-state index contributed by atoms with van der Waals surface area (Å²) in [4.78, 5) is 11.9. The smallest absolute Gasteiger partial charge is 0.228 e. The van der Waals surface area contributed by atoms with E-state index in [0.717, 1.165) is 31.6 Å². The molecule has 0 aliphatic carbocycles. The minimum atomic E-state index is 0. The molecular formula is C13H19ClN2O. The normalized spacial score (nSPS) is 18.5. The van der Waals surface area contributed by atoms with Gasteiger partial charge in [-0.15, -0.1) is 12.4 Å². The summed E-state index contributed by atoms with van der Waals surface area (Å²) in [7, 11) is 0. The van der Waals surface area contributed by atoms with Crippen LogP contribution >= 0.6 is 12.4 Å². The molecule has 2 N–H and O–H groups in total. The van der Waals surface area contributed by atoms with Crippen molar-refractivity contribution in [3.63, 3.8) is 0 Å². The summed E-state index contributed by atoms with van der Waals surface area (Å²) in [6.07, 6.45) is 1.94. The van der Waals surface area contributed by atoms with Crippen LogP contribution in [-0.4, -0.2) is 19.0 Å². The Morgan fingerprint density at radius 1 is 1.53 bits per heavy atom. The van der Waals surface area contributed by atoms with Gasteiger partial charge < -0.3 is 10.6 Å². The second kappa shape index (κ2) is 6.62. The highest BCUT2D eigenvalue weighted by molar-refractivity contribution is 5.92. The third kappa shape index (κ3) is 3.72. The molecule has 1 aromatic rings. The van der Waals surface area contributed by atoms with Crippen molar-refractivity contribution in [2.45, 2.75) is 19.8 Å². The van der Waals surface area contributed by atoms with Crippen LogP contribution in [0.2, 0.25) is 0 Å². The number of rotatable bonds is 3. The monoisotopic (exact) mass is 254 g/mol. The van der Waals surface area contributed by atoms with Crippen molar-refractivity contribution >= 4 is 24.0 Å². The number of nitrogens with one attached hydrogen (secondary N) is 2. The molecule has 94 valence electrons. The topological polar surface area (TPSA) is 41.1 Å². The van der Waals surface area contributed by atoms with Gasteiger partial charge in [0.05, 0.1) is 5.92 Å². The van der Waals surface area contributed by atoms with Crippen molar-refractivity contribution in [2.75, 3.05) is 18.4 Å². The highest BCUT2D eigenvalue weighted by atomic mass is 35.5. The van der Waals surface area contributed by atoms with Crippen molar-refractivity contribution in [1.82, 2.24) is 5.32 Å². The van der Waals surface area contributed by atoms with E-state index in [1.165, 1.54) is 5.56 Å². The molecule has 2 rings (SSSR count). The molecule has 0 spiro atoms. The van der Waals surface area contributed by atoms with Crippen LogP contribution in [0.1, 0.15) is 18.9 Å². The average molecular weight is 255 g/mol. The van der Waals surface area contributed by atoms with Crippen LogP contribution in [0.15, 0.2) is 24.3 Å². The van der Waals surface area contributed by atoms with E-state index in [-0.39, 0.29) is 24.2 Å². The van der Waals surface area contributed by atoms with E-state index < -0.39 is 0 Å². The van der Waals surface area contributed by atoms with Crippen LogP contribution in [0.4, 0.5) is 5.69 Å². The maximum atomic E-state index is 11.9. The number of aryl methyl sites for hydroxylation is 1. The van der Waals surface area contributed by atoms with Gasteiger partial charge in [0, 0.05) is 12.2 Å². The second-order valence-corrected chi connectivity index (χ2v) is 4.23. The molecule has 3 nitrogen and oxygen atoms in total. The summed E-state index contributed by atoms with van der Waals surface area (Å²) in [6.45, 7) is 3.87. The third-order valence-corrected chi connectivity index (χ3v) is 3.03. The molecule has 1 aromatic carbocycles. The molecule has 1 atom stereocenters. The highest BCUT2D eigenvalue weighted by Gasteiger charge is 2.22.